The Labute approximate surface area is 178 Å². The summed E-state index contributed by atoms with van der Waals surface area (Å²) >= 11 is 0. The average molecular weight is 415 g/mol. The second-order valence-electron chi connectivity index (χ2n) is 8.06. The maximum absolute atomic E-state index is 11.7. The van der Waals surface area contributed by atoms with E-state index >= 15 is 0 Å². The lowest BCUT2D eigenvalue weighted by atomic mass is 10.1. The van der Waals surface area contributed by atoms with Crippen molar-refractivity contribution in [1.29, 1.82) is 0 Å². The highest BCUT2D eigenvalue weighted by Gasteiger charge is 2.21. The van der Waals surface area contributed by atoms with Gasteiger partial charge in [-0.05, 0) is 12.8 Å². The van der Waals surface area contributed by atoms with Gasteiger partial charge in [-0.15, -0.1) is 0 Å². The Morgan fingerprint density at radius 1 is 0.621 bits per heavy atom. The molecule has 0 heterocycles. The van der Waals surface area contributed by atoms with Gasteiger partial charge >= 0.3 is 11.9 Å². The molecule has 0 radical (unpaired) electrons. The first-order valence-corrected chi connectivity index (χ1v) is 12.1. The monoisotopic (exact) mass is 414 g/mol. The minimum Gasteiger partial charge on any atom is -0.466 e. The molecular formula is C24H46O5. The Balaban J connectivity index is 3.50. The number of carbonyl (C=O) groups is 2. The third-order valence-corrected chi connectivity index (χ3v) is 5.14. The van der Waals surface area contributed by atoms with Crippen molar-refractivity contribution in [2.24, 2.45) is 0 Å². The summed E-state index contributed by atoms with van der Waals surface area (Å²) in [7, 11) is 0. The summed E-state index contributed by atoms with van der Waals surface area (Å²) in [6.07, 6.45) is 17.0. The van der Waals surface area contributed by atoms with Gasteiger partial charge in [0.15, 0.2) is 6.10 Å². The van der Waals surface area contributed by atoms with Gasteiger partial charge in [0, 0.05) is 0 Å². The summed E-state index contributed by atoms with van der Waals surface area (Å²) in [6, 6.07) is 0. The Morgan fingerprint density at radius 3 is 1.45 bits per heavy atom. The molecule has 0 aliphatic heterocycles. The van der Waals surface area contributed by atoms with Crippen LogP contribution >= 0.6 is 0 Å². The zero-order valence-corrected chi connectivity index (χ0v) is 19.1. The fraction of sp³-hybridized carbons (Fsp3) is 0.917. The Hall–Kier alpha value is -1.10. The average Bonchev–Trinajstić information content (AvgIpc) is 2.71. The van der Waals surface area contributed by atoms with Gasteiger partial charge in [-0.25, -0.2) is 4.79 Å². The minimum atomic E-state index is -1.42. The Kier molecular flexibility index (Phi) is 20.8. The van der Waals surface area contributed by atoms with Gasteiger partial charge in [0.1, 0.15) is 0 Å². The first-order chi connectivity index (χ1) is 14.1. The number of carbonyl (C=O) groups excluding carboxylic acids is 2. The number of aliphatic hydroxyl groups is 1. The molecule has 5 nitrogen and oxygen atoms in total. The summed E-state index contributed by atoms with van der Waals surface area (Å²) in [5.41, 5.74) is 0. The van der Waals surface area contributed by atoms with Crippen molar-refractivity contribution in [2.45, 2.75) is 129 Å². The normalized spacial score (nSPS) is 12.0. The fourth-order valence-corrected chi connectivity index (χ4v) is 3.23. The molecule has 0 aliphatic carbocycles. The second kappa shape index (κ2) is 21.6. The molecule has 0 bridgehead atoms. The van der Waals surface area contributed by atoms with E-state index in [1.54, 1.807) is 0 Å². The van der Waals surface area contributed by atoms with Crippen LogP contribution in [0.15, 0.2) is 0 Å². The van der Waals surface area contributed by atoms with Crippen molar-refractivity contribution >= 4 is 11.9 Å². The van der Waals surface area contributed by atoms with Crippen LogP contribution in [0.5, 0.6) is 0 Å². The van der Waals surface area contributed by atoms with Crippen molar-refractivity contribution < 1.29 is 24.2 Å². The van der Waals surface area contributed by atoms with Crippen LogP contribution in [0.25, 0.3) is 0 Å². The van der Waals surface area contributed by atoms with E-state index < -0.39 is 18.0 Å². The van der Waals surface area contributed by atoms with E-state index in [2.05, 4.69) is 13.8 Å². The molecule has 0 saturated heterocycles. The van der Waals surface area contributed by atoms with E-state index in [0.717, 1.165) is 38.5 Å². The predicted molar refractivity (Wildman–Crippen MR) is 118 cm³/mol. The third-order valence-electron chi connectivity index (χ3n) is 5.14. The molecule has 0 rings (SSSR count). The number of rotatable bonds is 21. The predicted octanol–water partition coefficient (Wildman–Crippen LogP) is 6.11. The first kappa shape index (κ1) is 27.9. The number of unbranched alkanes of at least 4 members (excludes halogenated alkanes) is 14. The smallest absolute Gasteiger partial charge is 0.335 e. The topological polar surface area (TPSA) is 72.8 Å². The van der Waals surface area contributed by atoms with Gasteiger partial charge < -0.3 is 14.6 Å². The fourth-order valence-electron chi connectivity index (χ4n) is 3.23. The van der Waals surface area contributed by atoms with Crippen LogP contribution in [0.3, 0.4) is 0 Å². The van der Waals surface area contributed by atoms with Gasteiger partial charge in [-0.2, -0.15) is 0 Å². The molecular weight excluding hydrogens is 368 g/mol. The zero-order chi connectivity index (χ0) is 21.6. The second-order valence-corrected chi connectivity index (χ2v) is 8.06. The zero-order valence-electron chi connectivity index (χ0n) is 19.1. The third kappa shape index (κ3) is 20.0. The SMILES string of the molecule is CCCCCCCCCCOC(=O)CC(O)C(=O)OCCCCCCCCCC. The largest absolute Gasteiger partial charge is 0.466 e. The molecule has 0 aromatic rings. The highest BCUT2D eigenvalue weighted by atomic mass is 16.6. The number of esters is 2. The van der Waals surface area contributed by atoms with Crippen molar-refractivity contribution in [3.05, 3.63) is 0 Å². The van der Waals surface area contributed by atoms with Gasteiger partial charge in [0.05, 0.1) is 19.6 Å². The molecule has 29 heavy (non-hydrogen) atoms. The van der Waals surface area contributed by atoms with E-state index in [1.807, 2.05) is 0 Å². The van der Waals surface area contributed by atoms with Crippen molar-refractivity contribution in [2.75, 3.05) is 13.2 Å². The number of ether oxygens (including phenoxy) is 2. The molecule has 172 valence electrons. The molecule has 1 N–H and O–H groups in total. The maximum atomic E-state index is 11.7. The standard InChI is InChI=1S/C24H46O5/c1-3-5-7-9-11-13-15-17-19-28-23(26)21-22(25)24(27)29-20-18-16-14-12-10-8-6-4-2/h22,25H,3-21H2,1-2H3. The van der Waals surface area contributed by atoms with Crippen LogP contribution in [0.2, 0.25) is 0 Å². The summed E-state index contributed by atoms with van der Waals surface area (Å²) in [5, 5.41) is 9.78. The van der Waals surface area contributed by atoms with Gasteiger partial charge in [0.25, 0.3) is 0 Å². The van der Waals surface area contributed by atoms with E-state index in [9.17, 15) is 14.7 Å². The van der Waals surface area contributed by atoms with Crippen LogP contribution < -0.4 is 0 Å². The van der Waals surface area contributed by atoms with Crippen LogP contribution in [0.1, 0.15) is 123 Å². The number of hydrogen-bond donors (Lipinski definition) is 1. The molecule has 0 fully saturated rings. The van der Waals surface area contributed by atoms with E-state index in [4.69, 9.17) is 9.47 Å². The summed E-state index contributed by atoms with van der Waals surface area (Å²) in [6.45, 7) is 5.08. The number of hydrogen-bond acceptors (Lipinski definition) is 5. The van der Waals surface area contributed by atoms with E-state index in [-0.39, 0.29) is 6.42 Å². The quantitative estimate of drug-likeness (QED) is 0.181. The molecule has 0 amide bonds. The Morgan fingerprint density at radius 2 is 1.00 bits per heavy atom. The highest BCUT2D eigenvalue weighted by Crippen LogP contribution is 2.10. The molecule has 0 saturated carbocycles. The summed E-state index contributed by atoms with van der Waals surface area (Å²) < 4.78 is 10.2. The first-order valence-electron chi connectivity index (χ1n) is 12.1. The highest BCUT2D eigenvalue weighted by molar-refractivity contribution is 5.81. The minimum absolute atomic E-state index is 0.304. The maximum Gasteiger partial charge on any atom is 0.335 e. The van der Waals surface area contributed by atoms with Crippen molar-refractivity contribution in [3.63, 3.8) is 0 Å². The molecule has 0 aromatic carbocycles. The molecule has 0 spiro atoms. The molecule has 1 atom stereocenters. The Bertz CT molecular complexity index is 383. The molecule has 0 aromatic heterocycles. The van der Waals surface area contributed by atoms with Gasteiger partial charge in [0.2, 0.25) is 0 Å². The summed E-state index contributed by atoms with van der Waals surface area (Å²) in [5.74, 6) is -1.26. The van der Waals surface area contributed by atoms with Crippen LogP contribution in [-0.2, 0) is 19.1 Å². The van der Waals surface area contributed by atoms with Crippen LogP contribution in [0.4, 0.5) is 0 Å². The van der Waals surface area contributed by atoms with Crippen LogP contribution in [-0.4, -0.2) is 36.4 Å². The van der Waals surface area contributed by atoms with Crippen molar-refractivity contribution in [3.8, 4) is 0 Å². The molecule has 5 heteroatoms. The van der Waals surface area contributed by atoms with Crippen LogP contribution in [0, 0.1) is 0 Å². The lowest BCUT2D eigenvalue weighted by molar-refractivity contribution is -0.160. The van der Waals surface area contributed by atoms with Gasteiger partial charge in [-0.3, -0.25) is 4.79 Å². The summed E-state index contributed by atoms with van der Waals surface area (Å²) in [4.78, 5) is 23.4. The lowest BCUT2D eigenvalue weighted by Crippen LogP contribution is -2.27. The van der Waals surface area contributed by atoms with E-state index in [1.165, 1.54) is 64.2 Å². The molecule has 1 unspecified atom stereocenters. The van der Waals surface area contributed by atoms with Crippen molar-refractivity contribution in [1.82, 2.24) is 0 Å². The van der Waals surface area contributed by atoms with E-state index in [0.29, 0.717) is 13.2 Å². The molecule has 0 aliphatic rings. The lowest BCUT2D eigenvalue weighted by Gasteiger charge is -2.11. The number of aliphatic hydroxyl groups excluding tert-OH is 1. The van der Waals surface area contributed by atoms with Gasteiger partial charge in [-0.1, -0.05) is 104 Å².